The van der Waals surface area contributed by atoms with Crippen LogP contribution in [-0.4, -0.2) is 44.2 Å². The molecule has 0 saturated carbocycles. The van der Waals surface area contributed by atoms with Crippen molar-refractivity contribution in [2.24, 2.45) is 0 Å². The van der Waals surface area contributed by atoms with Crippen molar-refractivity contribution in [3.63, 3.8) is 0 Å². The van der Waals surface area contributed by atoms with Crippen LogP contribution < -0.4 is 9.47 Å². The van der Waals surface area contributed by atoms with Crippen LogP contribution in [0.3, 0.4) is 0 Å². The molecule has 1 heterocycles. The third-order valence-corrected chi connectivity index (χ3v) is 5.00. The molecule has 0 bridgehead atoms. The summed E-state index contributed by atoms with van der Waals surface area (Å²) in [4.78, 5) is 10.6. The van der Waals surface area contributed by atoms with Gasteiger partial charge in [0, 0.05) is 19.7 Å². The number of fused-ring (bicyclic) bond motifs is 1. The van der Waals surface area contributed by atoms with Gasteiger partial charge in [-0.25, -0.2) is 12.7 Å². The molecular formula is C12H15NO6S. The summed E-state index contributed by atoms with van der Waals surface area (Å²) >= 11 is 0. The van der Waals surface area contributed by atoms with E-state index in [-0.39, 0.29) is 24.7 Å². The molecular weight excluding hydrogens is 286 g/mol. The molecule has 1 aliphatic rings. The zero-order valence-corrected chi connectivity index (χ0v) is 11.9. The lowest BCUT2D eigenvalue weighted by Crippen LogP contribution is -2.29. The predicted octanol–water partition coefficient (Wildman–Crippen LogP) is 0.819. The third kappa shape index (κ3) is 2.70. The minimum Gasteiger partial charge on any atom is -0.481 e. The van der Waals surface area contributed by atoms with E-state index in [1.165, 1.54) is 13.1 Å². The molecule has 0 aliphatic carbocycles. The van der Waals surface area contributed by atoms with Crippen LogP contribution in [0.4, 0.5) is 0 Å². The number of aliphatic carboxylic acids is 1. The van der Waals surface area contributed by atoms with Crippen molar-refractivity contribution in [3.8, 4) is 11.5 Å². The van der Waals surface area contributed by atoms with E-state index >= 15 is 0 Å². The van der Waals surface area contributed by atoms with Crippen molar-refractivity contribution in [2.75, 3.05) is 20.4 Å². The van der Waals surface area contributed by atoms with E-state index in [4.69, 9.17) is 14.6 Å². The lowest BCUT2D eigenvalue weighted by molar-refractivity contribution is -0.137. The highest BCUT2D eigenvalue weighted by Gasteiger charge is 2.26. The van der Waals surface area contributed by atoms with Crippen LogP contribution in [0.25, 0.3) is 0 Å². The van der Waals surface area contributed by atoms with E-state index in [0.717, 1.165) is 4.31 Å². The van der Waals surface area contributed by atoms with E-state index in [9.17, 15) is 13.2 Å². The van der Waals surface area contributed by atoms with E-state index in [1.54, 1.807) is 13.0 Å². The highest BCUT2D eigenvalue weighted by molar-refractivity contribution is 7.89. The fourth-order valence-electron chi connectivity index (χ4n) is 1.84. The maximum atomic E-state index is 12.4. The minimum absolute atomic E-state index is 0.0626. The van der Waals surface area contributed by atoms with Crippen molar-refractivity contribution < 1.29 is 27.8 Å². The first-order valence-electron chi connectivity index (χ1n) is 5.91. The SMILES string of the molecule is Cc1cc2c(cc1S(=O)(=O)N(C)CCC(=O)O)OCO2. The van der Waals surface area contributed by atoms with E-state index in [0.29, 0.717) is 17.1 Å². The molecule has 0 atom stereocenters. The van der Waals surface area contributed by atoms with E-state index < -0.39 is 16.0 Å². The second-order valence-electron chi connectivity index (χ2n) is 4.44. The summed E-state index contributed by atoms with van der Waals surface area (Å²) in [5.41, 5.74) is 0.524. The maximum absolute atomic E-state index is 12.4. The molecule has 8 heteroatoms. The Balaban J connectivity index is 2.32. The second kappa shape index (κ2) is 5.29. The monoisotopic (exact) mass is 301 g/mol. The van der Waals surface area contributed by atoms with Crippen LogP contribution in [0.5, 0.6) is 11.5 Å². The number of ether oxygens (including phenoxy) is 2. The molecule has 1 aliphatic heterocycles. The lowest BCUT2D eigenvalue weighted by atomic mass is 10.2. The molecule has 7 nitrogen and oxygen atoms in total. The number of sulfonamides is 1. The maximum Gasteiger partial charge on any atom is 0.304 e. The van der Waals surface area contributed by atoms with E-state index in [1.807, 2.05) is 0 Å². The van der Waals surface area contributed by atoms with Crippen molar-refractivity contribution in [1.82, 2.24) is 4.31 Å². The van der Waals surface area contributed by atoms with Crippen LogP contribution in [-0.2, 0) is 14.8 Å². The third-order valence-electron chi connectivity index (χ3n) is 3.00. The number of aryl methyl sites for hydroxylation is 1. The Labute approximate surface area is 116 Å². The smallest absolute Gasteiger partial charge is 0.304 e. The van der Waals surface area contributed by atoms with Gasteiger partial charge in [-0.3, -0.25) is 4.79 Å². The van der Waals surface area contributed by atoms with Gasteiger partial charge in [-0.2, -0.15) is 0 Å². The Hall–Kier alpha value is -1.80. The second-order valence-corrected chi connectivity index (χ2v) is 6.45. The topological polar surface area (TPSA) is 93.1 Å². The number of nitrogens with zero attached hydrogens (tertiary/aromatic N) is 1. The zero-order valence-electron chi connectivity index (χ0n) is 11.1. The molecule has 2 rings (SSSR count). The van der Waals surface area contributed by atoms with Gasteiger partial charge in [0.1, 0.15) is 0 Å². The summed E-state index contributed by atoms with van der Waals surface area (Å²) < 4.78 is 36.2. The first-order valence-corrected chi connectivity index (χ1v) is 7.35. The predicted molar refractivity (Wildman–Crippen MR) is 69.4 cm³/mol. The molecule has 1 aromatic carbocycles. The molecule has 20 heavy (non-hydrogen) atoms. The largest absolute Gasteiger partial charge is 0.481 e. The highest BCUT2D eigenvalue weighted by atomic mass is 32.2. The van der Waals surface area contributed by atoms with Gasteiger partial charge >= 0.3 is 5.97 Å². The molecule has 0 radical (unpaired) electrons. The van der Waals surface area contributed by atoms with Crippen LogP contribution in [0.2, 0.25) is 0 Å². The Kier molecular flexibility index (Phi) is 3.87. The van der Waals surface area contributed by atoms with Crippen LogP contribution in [0, 0.1) is 6.92 Å². The van der Waals surface area contributed by atoms with E-state index in [2.05, 4.69) is 0 Å². The van der Waals surface area contributed by atoms with Gasteiger partial charge in [-0.15, -0.1) is 0 Å². The Morgan fingerprint density at radius 3 is 2.55 bits per heavy atom. The highest BCUT2D eigenvalue weighted by Crippen LogP contribution is 2.36. The van der Waals surface area contributed by atoms with Gasteiger partial charge in [0.25, 0.3) is 0 Å². The number of hydrogen-bond acceptors (Lipinski definition) is 5. The summed E-state index contributed by atoms with van der Waals surface area (Å²) in [6.45, 7) is 1.62. The number of benzene rings is 1. The molecule has 0 aromatic heterocycles. The fourth-order valence-corrected chi connectivity index (χ4v) is 3.23. The zero-order chi connectivity index (χ0) is 14.9. The Morgan fingerprint density at radius 2 is 1.95 bits per heavy atom. The summed E-state index contributed by atoms with van der Waals surface area (Å²) in [5.74, 6) is -0.162. The van der Waals surface area contributed by atoms with Gasteiger partial charge in [-0.1, -0.05) is 0 Å². The lowest BCUT2D eigenvalue weighted by Gasteiger charge is -2.18. The fraction of sp³-hybridized carbons (Fsp3) is 0.417. The van der Waals surface area contributed by atoms with Crippen LogP contribution in [0.15, 0.2) is 17.0 Å². The Bertz CT molecular complexity index is 640. The van der Waals surface area contributed by atoms with Crippen molar-refractivity contribution in [2.45, 2.75) is 18.2 Å². The molecule has 0 amide bonds. The molecule has 110 valence electrons. The van der Waals surface area contributed by atoms with Crippen molar-refractivity contribution >= 4 is 16.0 Å². The van der Waals surface area contributed by atoms with Gasteiger partial charge in [0.15, 0.2) is 11.5 Å². The summed E-state index contributed by atoms with van der Waals surface area (Å²) in [6, 6.07) is 3.00. The summed E-state index contributed by atoms with van der Waals surface area (Å²) in [5, 5.41) is 8.62. The van der Waals surface area contributed by atoms with Gasteiger partial charge in [-0.05, 0) is 18.6 Å². The first kappa shape index (κ1) is 14.6. The number of carbonyl (C=O) groups is 1. The molecule has 0 spiro atoms. The van der Waals surface area contributed by atoms with Gasteiger partial charge in [0.2, 0.25) is 16.8 Å². The number of carboxylic acid groups (broad SMARTS) is 1. The Morgan fingerprint density at radius 1 is 1.35 bits per heavy atom. The summed E-state index contributed by atoms with van der Waals surface area (Å²) in [7, 11) is -2.40. The van der Waals surface area contributed by atoms with Crippen molar-refractivity contribution in [3.05, 3.63) is 17.7 Å². The first-order chi connectivity index (χ1) is 9.32. The standard InChI is InChI=1S/C12H15NO6S/c1-8-5-9-10(19-7-18-9)6-11(8)20(16,17)13(2)4-3-12(14)15/h5-6H,3-4,7H2,1-2H3,(H,14,15). The van der Waals surface area contributed by atoms with Crippen LogP contribution >= 0.6 is 0 Å². The summed E-state index contributed by atoms with van der Waals surface area (Å²) in [6.07, 6.45) is -0.251. The molecule has 1 N–H and O–H groups in total. The average molecular weight is 301 g/mol. The average Bonchev–Trinajstić information content (AvgIpc) is 2.81. The molecule has 1 aromatic rings. The normalized spacial score (nSPS) is 13.8. The minimum atomic E-state index is -3.75. The number of hydrogen-bond donors (Lipinski definition) is 1. The molecule has 0 unspecified atom stereocenters. The van der Waals surface area contributed by atoms with Gasteiger partial charge < -0.3 is 14.6 Å². The van der Waals surface area contributed by atoms with Crippen molar-refractivity contribution in [1.29, 1.82) is 0 Å². The number of carboxylic acids is 1. The molecule has 0 fully saturated rings. The van der Waals surface area contributed by atoms with Crippen LogP contribution in [0.1, 0.15) is 12.0 Å². The quantitative estimate of drug-likeness (QED) is 0.865. The number of rotatable bonds is 5. The van der Waals surface area contributed by atoms with Gasteiger partial charge in [0.05, 0.1) is 11.3 Å². The molecule has 0 saturated heterocycles.